The standard InChI is InChI=1S/C14H18N4O2/c1-9(2)7-12-13(14(19)20)16-17-18(12)8-11-10(3)5-4-6-15-11/h4-6,9H,7-8H2,1-3H3,(H,19,20). The molecule has 0 radical (unpaired) electrons. The molecule has 2 aromatic rings. The highest BCUT2D eigenvalue weighted by Gasteiger charge is 2.20. The van der Waals surface area contributed by atoms with E-state index in [2.05, 4.69) is 15.3 Å². The number of hydrogen-bond donors (Lipinski definition) is 1. The van der Waals surface area contributed by atoms with Crippen molar-refractivity contribution in [3.8, 4) is 0 Å². The van der Waals surface area contributed by atoms with Gasteiger partial charge in [-0.05, 0) is 30.9 Å². The molecular formula is C14H18N4O2. The predicted octanol–water partition coefficient (Wildman–Crippen LogP) is 1.93. The Balaban J connectivity index is 2.36. The van der Waals surface area contributed by atoms with E-state index in [1.807, 2.05) is 32.9 Å². The zero-order valence-electron chi connectivity index (χ0n) is 11.9. The molecule has 0 bridgehead atoms. The van der Waals surface area contributed by atoms with Gasteiger partial charge in [0, 0.05) is 6.20 Å². The number of rotatable bonds is 5. The lowest BCUT2D eigenvalue weighted by Gasteiger charge is -2.10. The Morgan fingerprint density at radius 2 is 2.20 bits per heavy atom. The van der Waals surface area contributed by atoms with Crippen LogP contribution in [0.5, 0.6) is 0 Å². The lowest BCUT2D eigenvalue weighted by atomic mass is 10.1. The summed E-state index contributed by atoms with van der Waals surface area (Å²) in [6.07, 6.45) is 2.35. The van der Waals surface area contributed by atoms with Crippen molar-refractivity contribution in [3.63, 3.8) is 0 Å². The molecule has 0 amide bonds. The van der Waals surface area contributed by atoms with Crippen LogP contribution in [0.25, 0.3) is 0 Å². The molecule has 20 heavy (non-hydrogen) atoms. The molecule has 0 fully saturated rings. The quantitative estimate of drug-likeness (QED) is 0.901. The van der Waals surface area contributed by atoms with Gasteiger partial charge in [0.2, 0.25) is 0 Å². The second kappa shape index (κ2) is 5.81. The number of carboxylic acids is 1. The number of carbonyl (C=O) groups is 1. The molecule has 2 heterocycles. The second-order valence-corrected chi connectivity index (χ2v) is 5.21. The molecule has 1 N–H and O–H groups in total. The number of aromatic carboxylic acids is 1. The fourth-order valence-electron chi connectivity index (χ4n) is 2.04. The van der Waals surface area contributed by atoms with Gasteiger partial charge in [-0.25, -0.2) is 9.48 Å². The Morgan fingerprint density at radius 1 is 1.45 bits per heavy atom. The van der Waals surface area contributed by atoms with Gasteiger partial charge in [-0.2, -0.15) is 0 Å². The number of hydrogen-bond acceptors (Lipinski definition) is 4. The van der Waals surface area contributed by atoms with Crippen molar-refractivity contribution >= 4 is 5.97 Å². The number of pyridine rings is 1. The van der Waals surface area contributed by atoms with E-state index in [9.17, 15) is 9.90 Å². The third kappa shape index (κ3) is 3.01. The Labute approximate surface area is 117 Å². The summed E-state index contributed by atoms with van der Waals surface area (Å²) in [7, 11) is 0. The van der Waals surface area contributed by atoms with Crippen molar-refractivity contribution in [2.75, 3.05) is 0 Å². The van der Waals surface area contributed by atoms with E-state index in [4.69, 9.17) is 0 Å². The van der Waals surface area contributed by atoms with E-state index in [1.165, 1.54) is 0 Å². The first-order chi connectivity index (χ1) is 9.49. The summed E-state index contributed by atoms with van der Waals surface area (Å²) in [4.78, 5) is 15.5. The van der Waals surface area contributed by atoms with Crippen LogP contribution in [-0.4, -0.2) is 31.1 Å². The number of nitrogens with zero attached hydrogens (tertiary/aromatic N) is 4. The molecule has 2 rings (SSSR count). The first-order valence-corrected chi connectivity index (χ1v) is 6.55. The molecule has 0 aliphatic carbocycles. The zero-order chi connectivity index (χ0) is 14.7. The van der Waals surface area contributed by atoms with Gasteiger partial charge >= 0.3 is 5.97 Å². The molecular weight excluding hydrogens is 256 g/mol. The van der Waals surface area contributed by atoms with E-state index in [1.54, 1.807) is 10.9 Å². The Morgan fingerprint density at radius 3 is 2.80 bits per heavy atom. The number of aromatic nitrogens is 4. The minimum atomic E-state index is -1.04. The van der Waals surface area contributed by atoms with E-state index < -0.39 is 5.97 Å². The Kier molecular flexibility index (Phi) is 4.12. The molecule has 0 aliphatic rings. The van der Waals surface area contributed by atoms with Crippen LogP contribution in [0.1, 0.15) is 41.3 Å². The fraction of sp³-hybridized carbons (Fsp3) is 0.429. The van der Waals surface area contributed by atoms with E-state index in [0.717, 1.165) is 11.3 Å². The van der Waals surface area contributed by atoms with Crippen LogP contribution in [-0.2, 0) is 13.0 Å². The van der Waals surface area contributed by atoms with Crippen LogP contribution in [0.3, 0.4) is 0 Å². The van der Waals surface area contributed by atoms with Crippen molar-refractivity contribution < 1.29 is 9.90 Å². The lowest BCUT2D eigenvalue weighted by molar-refractivity contribution is 0.0689. The van der Waals surface area contributed by atoms with Crippen molar-refractivity contribution in [3.05, 3.63) is 41.0 Å². The van der Waals surface area contributed by atoms with Crippen LogP contribution in [0.15, 0.2) is 18.3 Å². The van der Waals surface area contributed by atoms with Crippen molar-refractivity contribution in [1.82, 2.24) is 20.0 Å². The largest absolute Gasteiger partial charge is 0.476 e. The first kappa shape index (κ1) is 14.2. The van der Waals surface area contributed by atoms with Crippen LogP contribution < -0.4 is 0 Å². The normalized spacial score (nSPS) is 11.0. The van der Waals surface area contributed by atoms with Crippen LogP contribution >= 0.6 is 0 Å². The molecule has 0 aromatic carbocycles. The minimum Gasteiger partial charge on any atom is -0.476 e. The summed E-state index contributed by atoms with van der Waals surface area (Å²) in [5.74, 6) is -0.708. The maximum Gasteiger partial charge on any atom is 0.358 e. The first-order valence-electron chi connectivity index (χ1n) is 6.55. The van der Waals surface area contributed by atoms with Gasteiger partial charge < -0.3 is 5.11 Å². The predicted molar refractivity (Wildman–Crippen MR) is 73.6 cm³/mol. The SMILES string of the molecule is Cc1cccnc1Cn1nnc(C(=O)O)c1CC(C)C. The zero-order valence-corrected chi connectivity index (χ0v) is 11.9. The van der Waals surface area contributed by atoms with Gasteiger partial charge in [0.15, 0.2) is 5.69 Å². The van der Waals surface area contributed by atoms with Gasteiger partial charge in [-0.15, -0.1) is 5.10 Å². The van der Waals surface area contributed by atoms with Crippen molar-refractivity contribution in [2.45, 2.75) is 33.7 Å². The number of carboxylic acid groups (broad SMARTS) is 1. The van der Waals surface area contributed by atoms with Gasteiger partial charge in [0.05, 0.1) is 17.9 Å². The summed E-state index contributed by atoms with van der Waals surface area (Å²) in [5, 5.41) is 16.9. The number of aryl methyl sites for hydroxylation is 1. The maximum atomic E-state index is 11.2. The summed E-state index contributed by atoms with van der Waals surface area (Å²) >= 11 is 0. The Bertz CT molecular complexity index is 619. The molecule has 0 atom stereocenters. The molecule has 0 saturated carbocycles. The van der Waals surface area contributed by atoms with E-state index in [0.29, 0.717) is 24.6 Å². The third-order valence-electron chi connectivity index (χ3n) is 3.06. The lowest BCUT2D eigenvalue weighted by Crippen LogP contribution is -2.13. The highest BCUT2D eigenvalue weighted by molar-refractivity contribution is 5.86. The van der Waals surface area contributed by atoms with Crippen LogP contribution in [0.4, 0.5) is 0 Å². The fourth-order valence-corrected chi connectivity index (χ4v) is 2.04. The summed E-state index contributed by atoms with van der Waals surface area (Å²) in [6, 6.07) is 3.84. The summed E-state index contributed by atoms with van der Waals surface area (Å²) < 4.78 is 1.64. The third-order valence-corrected chi connectivity index (χ3v) is 3.06. The summed E-state index contributed by atoms with van der Waals surface area (Å²) in [5.41, 5.74) is 2.61. The molecule has 0 saturated heterocycles. The topological polar surface area (TPSA) is 80.9 Å². The Hall–Kier alpha value is -2.24. The molecule has 0 unspecified atom stereocenters. The smallest absolute Gasteiger partial charge is 0.358 e. The highest BCUT2D eigenvalue weighted by Crippen LogP contribution is 2.14. The molecule has 6 nitrogen and oxygen atoms in total. The molecule has 2 aromatic heterocycles. The molecule has 0 aliphatic heterocycles. The van der Waals surface area contributed by atoms with Gasteiger partial charge in [-0.1, -0.05) is 25.1 Å². The average Bonchev–Trinajstić information content (AvgIpc) is 2.75. The molecule has 6 heteroatoms. The maximum absolute atomic E-state index is 11.2. The van der Waals surface area contributed by atoms with Crippen molar-refractivity contribution in [2.24, 2.45) is 5.92 Å². The second-order valence-electron chi connectivity index (χ2n) is 5.21. The van der Waals surface area contributed by atoms with E-state index in [-0.39, 0.29) is 5.69 Å². The van der Waals surface area contributed by atoms with Gasteiger partial charge in [0.25, 0.3) is 0 Å². The van der Waals surface area contributed by atoms with Crippen molar-refractivity contribution in [1.29, 1.82) is 0 Å². The summed E-state index contributed by atoms with van der Waals surface area (Å²) in [6.45, 7) is 6.48. The van der Waals surface area contributed by atoms with Crippen LogP contribution in [0.2, 0.25) is 0 Å². The van der Waals surface area contributed by atoms with E-state index >= 15 is 0 Å². The van der Waals surface area contributed by atoms with Gasteiger partial charge in [0.1, 0.15) is 0 Å². The highest BCUT2D eigenvalue weighted by atomic mass is 16.4. The molecule has 106 valence electrons. The van der Waals surface area contributed by atoms with Crippen LogP contribution in [0, 0.1) is 12.8 Å². The average molecular weight is 274 g/mol. The minimum absolute atomic E-state index is 0.0345. The monoisotopic (exact) mass is 274 g/mol. The van der Waals surface area contributed by atoms with Gasteiger partial charge in [-0.3, -0.25) is 4.98 Å². The molecule has 0 spiro atoms.